The first-order chi connectivity index (χ1) is 15.1. The van der Waals surface area contributed by atoms with Crippen LogP contribution in [0, 0.1) is 5.92 Å². The fraction of sp³-hybridized carbons (Fsp3) is 0.429. The first-order valence-electron chi connectivity index (χ1n) is 10.0. The van der Waals surface area contributed by atoms with Crippen molar-refractivity contribution >= 4 is 5.96 Å². The van der Waals surface area contributed by atoms with Crippen LogP contribution in [0.4, 0.5) is 8.78 Å². The average Bonchev–Trinajstić information content (AvgIpc) is 3.49. The number of benzene rings is 1. The monoisotopic (exact) mass is 434 g/mol. The Morgan fingerprint density at radius 1 is 1.19 bits per heavy atom. The number of ether oxygens (including phenoxy) is 4. The molecular weight excluding hydrogens is 410 g/mol. The van der Waals surface area contributed by atoms with Gasteiger partial charge in [-0.25, -0.2) is 4.98 Å². The molecule has 2 N–H and O–H groups in total. The number of fused-ring (bicyclic) bond motifs is 1. The Morgan fingerprint density at radius 2 is 1.97 bits per heavy atom. The van der Waals surface area contributed by atoms with Crippen LogP contribution in [0.1, 0.15) is 24.0 Å². The Hall–Kier alpha value is -3.30. The van der Waals surface area contributed by atoms with Gasteiger partial charge >= 0.3 is 6.61 Å². The van der Waals surface area contributed by atoms with Crippen molar-refractivity contribution in [2.75, 3.05) is 20.4 Å². The van der Waals surface area contributed by atoms with E-state index >= 15 is 0 Å². The van der Waals surface area contributed by atoms with E-state index < -0.39 is 6.61 Å². The van der Waals surface area contributed by atoms with Crippen molar-refractivity contribution in [3.05, 3.63) is 41.6 Å². The van der Waals surface area contributed by atoms with Gasteiger partial charge in [0.2, 0.25) is 12.7 Å². The van der Waals surface area contributed by atoms with Gasteiger partial charge in [-0.3, -0.25) is 4.99 Å². The second-order valence-electron chi connectivity index (χ2n) is 7.23. The molecule has 4 rings (SSSR count). The molecule has 1 aromatic carbocycles. The molecule has 1 saturated carbocycles. The van der Waals surface area contributed by atoms with E-state index in [1.807, 2.05) is 12.1 Å². The standard InChI is InChI=1S/C21H24F2N4O4/c1-24-21(26-9-14-4-5-25-19(6-14)28-11-13-2-3-13)27-10-15-7-17-18(30-12-29-17)8-16(15)31-20(22)23/h4-8,13,20H,2-3,9-12H2,1H3,(H2,24,26,27). The number of pyridine rings is 1. The smallest absolute Gasteiger partial charge is 0.387 e. The molecular formula is C21H24F2N4O4. The lowest BCUT2D eigenvalue weighted by atomic mass is 10.1. The molecule has 1 aliphatic carbocycles. The molecule has 1 aliphatic heterocycles. The minimum absolute atomic E-state index is 0.0220. The van der Waals surface area contributed by atoms with Crippen molar-refractivity contribution < 1.29 is 27.7 Å². The van der Waals surface area contributed by atoms with E-state index in [2.05, 4.69) is 25.3 Å². The van der Waals surface area contributed by atoms with E-state index in [9.17, 15) is 8.78 Å². The van der Waals surface area contributed by atoms with Gasteiger partial charge in [-0.2, -0.15) is 8.78 Å². The summed E-state index contributed by atoms with van der Waals surface area (Å²) in [5, 5.41) is 6.28. The Labute approximate surface area is 178 Å². The molecule has 0 atom stereocenters. The highest BCUT2D eigenvalue weighted by molar-refractivity contribution is 5.79. The predicted octanol–water partition coefficient (Wildman–Crippen LogP) is 3.07. The molecule has 0 unspecified atom stereocenters. The second-order valence-corrected chi connectivity index (χ2v) is 7.23. The van der Waals surface area contributed by atoms with Gasteiger partial charge in [0, 0.05) is 44.0 Å². The van der Waals surface area contributed by atoms with Gasteiger partial charge in [-0.1, -0.05) is 0 Å². The predicted molar refractivity (Wildman–Crippen MR) is 109 cm³/mol. The highest BCUT2D eigenvalue weighted by atomic mass is 19.3. The minimum atomic E-state index is -2.94. The zero-order valence-corrected chi connectivity index (χ0v) is 17.1. The van der Waals surface area contributed by atoms with Crippen molar-refractivity contribution in [1.29, 1.82) is 0 Å². The van der Waals surface area contributed by atoms with Crippen molar-refractivity contribution in [3.63, 3.8) is 0 Å². The lowest BCUT2D eigenvalue weighted by Gasteiger charge is -2.15. The highest BCUT2D eigenvalue weighted by Gasteiger charge is 2.22. The molecule has 10 heteroatoms. The number of hydrogen-bond donors (Lipinski definition) is 2. The number of alkyl halides is 2. The van der Waals surface area contributed by atoms with Crippen LogP contribution < -0.4 is 29.6 Å². The number of halogens is 2. The third-order valence-corrected chi connectivity index (χ3v) is 4.86. The molecule has 0 spiro atoms. The third kappa shape index (κ3) is 5.87. The maximum absolute atomic E-state index is 12.8. The first kappa shape index (κ1) is 21.0. The summed E-state index contributed by atoms with van der Waals surface area (Å²) in [6.07, 6.45) is 4.14. The summed E-state index contributed by atoms with van der Waals surface area (Å²) >= 11 is 0. The van der Waals surface area contributed by atoms with Crippen molar-refractivity contribution in [1.82, 2.24) is 15.6 Å². The van der Waals surface area contributed by atoms with Crippen LogP contribution in [0.2, 0.25) is 0 Å². The minimum Gasteiger partial charge on any atom is -0.477 e. The lowest BCUT2D eigenvalue weighted by Crippen LogP contribution is -2.36. The number of nitrogens with one attached hydrogen (secondary N) is 2. The van der Waals surface area contributed by atoms with Crippen LogP contribution in [0.15, 0.2) is 35.5 Å². The molecule has 8 nitrogen and oxygen atoms in total. The van der Waals surface area contributed by atoms with E-state index in [0.29, 0.717) is 48.0 Å². The Balaban J connectivity index is 1.34. The van der Waals surface area contributed by atoms with E-state index in [4.69, 9.17) is 14.2 Å². The van der Waals surface area contributed by atoms with Crippen LogP contribution in [-0.2, 0) is 13.1 Å². The normalized spacial score (nSPS) is 15.2. The molecule has 2 aliphatic rings. The molecule has 2 aromatic rings. The van der Waals surface area contributed by atoms with Gasteiger partial charge < -0.3 is 29.6 Å². The number of nitrogens with zero attached hydrogens (tertiary/aromatic N) is 2. The maximum Gasteiger partial charge on any atom is 0.387 e. The molecule has 31 heavy (non-hydrogen) atoms. The summed E-state index contributed by atoms with van der Waals surface area (Å²) in [4.78, 5) is 8.41. The number of rotatable bonds is 9. The number of aromatic nitrogens is 1. The number of hydrogen-bond acceptors (Lipinski definition) is 6. The van der Waals surface area contributed by atoms with Gasteiger partial charge in [-0.15, -0.1) is 0 Å². The Bertz CT molecular complexity index is 938. The molecule has 0 saturated heterocycles. The largest absolute Gasteiger partial charge is 0.477 e. The summed E-state index contributed by atoms with van der Waals surface area (Å²) in [7, 11) is 1.63. The summed E-state index contributed by atoms with van der Waals surface area (Å²) in [5.41, 5.74) is 1.47. The Kier molecular flexibility index (Phi) is 6.54. The van der Waals surface area contributed by atoms with Crippen LogP contribution in [0.5, 0.6) is 23.1 Å². The maximum atomic E-state index is 12.8. The molecule has 1 fully saturated rings. The van der Waals surface area contributed by atoms with Crippen molar-refractivity contribution in [2.45, 2.75) is 32.5 Å². The number of guanidine groups is 1. The van der Waals surface area contributed by atoms with E-state index in [1.54, 1.807) is 19.3 Å². The van der Waals surface area contributed by atoms with Gasteiger partial charge in [0.15, 0.2) is 17.5 Å². The summed E-state index contributed by atoms with van der Waals surface area (Å²) < 4.78 is 46.5. The van der Waals surface area contributed by atoms with Gasteiger partial charge in [0.1, 0.15) is 5.75 Å². The molecule has 0 radical (unpaired) electrons. The highest BCUT2D eigenvalue weighted by Crippen LogP contribution is 2.38. The van der Waals surface area contributed by atoms with E-state index in [1.165, 1.54) is 18.9 Å². The topological polar surface area (TPSA) is 86.2 Å². The summed E-state index contributed by atoms with van der Waals surface area (Å²) in [6, 6.07) is 6.79. The molecule has 2 heterocycles. The average molecular weight is 434 g/mol. The summed E-state index contributed by atoms with van der Waals surface area (Å²) in [5.74, 6) is 2.63. The van der Waals surface area contributed by atoms with E-state index in [-0.39, 0.29) is 19.1 Å². The van der Waals surface area contributed by atoms with Gasteiger partial charge in [-0.05, 0) is 36.5 Å². The molecule has 0 bridgehead atoms. The van der Waals surface area contributed by atoms with Crippen LogP contribution in [0.3, 0.4) is 0 Å². The Morgan fingerprint density at radius 3 is 2.71 bits per heavy atom. The molecule has 166 valence electrons. The number of aliphatic imine (C=N–C) groups is 1. The lowest BCUT2D eigenvalue weighted by molar-refractivity contribution is -0.0505. The zero-order valence-electron chi connectivity index (χ0n) is 17.1. The van der Waals surface area contributed by atoms with Crippen molar-refractivity contribution in [3.8, 4) is 23.1 Å². The van der Waals surface area contributed by atoms with Crippen LogP contribution >= 0.6 is 0 Å². The van der Waals surface area contributed by atoms with Crippen molar-refractivity contribution in [2.24, 2.45) is 10.9 Å². The van der Waals surface area contributed by atoms with Gasteiger partial charge in [0.05, 0.1) is 6.61 Å². The second kappa shape index (κ2) is 9.67. The van der Waals surface area contributed by atoms with Gasteiger partial charge in [0.25, 0.3) is 0 Å². The van der Waals surface area contributed by atoms with E-state index in [0.717, 1.165) is 5.56 Å². The fourth-order valence-corrected chi connectivity index (χ4v) is 3.02. The fourth-order valence-electron chi connectivity index (χ4n) is 3.02. The van der Waals surface area contributed by atoms with Crippen LogP contribution in [-0.4, -0.2) is 38.0 Å². The van der Waals surface area contributed by atoms with Crippen LogP contribution in [0.25, 0.3) is 0 Å². The third-order valence-electron chi connectivity index (χ3n) is 4.86. The molecule has 0 amide bonds. The first-order valence-corrected chi connectivity index (χ1v) is 10.0. The summed E-state index contributed by atoms with van der Waals surface area (Å²) in [6.45, 7) is -1.51. The zero-order chi connectivity index (χ0) is 21.6. The SMILES string of the molecule is CN=C(NCc1ccnc(OCC2CC2)c1)NCc1cc2c(cc1OC(F)F)OCO2. The quantitative estimate of drug-likeness (QED) is 0.463. The molecule has 1 aromatic heterocycles.